The van der Waals surface area contributed by atoms with Crippen LogP contribution in [-0.2, 0) is 30.2 Å². The molecular weight excluding hydrogens is 362 g/mol. The largest absolute Gasteiger partial charge is 0.311 e. The molecule has 0 atom stereocenters. The Kier molecular flexibility index (Phi) is 5.91. The normalized spacial score (nSPS) is 11.7. The van der Waals surface area contributed by atoms with Crippen LogP contribution in [0.25, 0.3) is 0 Å². The Morgan fingerprint density at radius 3 is 2.38 bits per heavy atom. The zero-order valence-corrected chi connectivity index (χ0v) is 18.3. The second-order valence-electron chi connectivity index (χ2n) is 8.64. The zero-order chi connectivity index (χ0) is 21.2. The molecule has 0 spiro atoms. The molecule has 0 saturated carbocycles. The number of aromatic nitrogens is 4. The molecular formula is C23H31N5O. The summed E-state index contributed by atoms with van der Waals surface area (Å²) in [4.78, 5) is 12.5. The number of carbonyl (C=O) groups excluding carboxylic acids is 1. The first-order valence-corrected chi connectivity index (χ1v) is 10.1. The first-order valence-electron chi connectivity index (χ1n) is 10.1. The van der Waals surface area contributed by atoms with Crippen molar-refractivity contribution in [2.45, 2.75) is 59.4 Å². The van der Waals surface area contributed by atoms with Gasteiger partial charge < -0.3 is 5.32 Å². The molecule has 29 heavy (non-hydrogen) atoms. The fraction of sp³-hybridized carbons (Fsp3) is 0.435. The number of hydrogen-bond acceptors (Lipinski definition) is 3. The van der Waals surface area contributed by atoms with Gasteiger partial charge in [-0.2, -0.15) is 10.2 Å². The van der Waals surface area contributed by atoms with Crippen LogP contribution in [0.2, 0.25) is 0 Å². The van der Waals surface area contributed by atoms with E-state index in [9.17, 15) is 4.79 Å². The number of rotatable bonds is 6. The molecule has 1 aromatic carbocycles. The summed E-state index contributed by atoms with van der Waals surface area (Å²) in [5.41, 5.74) is 5.83. The molecule has 1 amide bonds. The van der Waals surface area contributed by atoms with E-state index in [0.29, 0.717) is 19.4 Å². The number of anilines is 1. The molecule has 0 fully saturated rings. The molecule has 0 aliphatic heterocycles. The Bertz CT molecular complexity index is 989. The van der Waals surface area contributed by atoms with Gasteiger partial charge in [0.15, 0.2) is 0 Å². The first-order chi connectivity index (χ1) is 13.6. The summed E-state index contributed by atoms with van der Waals surface area (Å²) in [6.07, 6.45) is 2.81. The third-order valence-electron chi connectivity index (χ3n) is 5.40. The molecule has 0 bridgehead atoms. The van der Waals surface area contributed by atoms with Crippen LogP contribution in [-0.4, -0.2) is 25.5 Å². The van der Waals surface area contributed by atoms with Crippen molar-refractivity contribution in [2.24, 2.45) is 7.05 Å². The number of nitrogens with zero attached hydrogens (tertiary/aromatic N) is 4. The van der Waals surface area contributed by atoms with Crippen molar-refractivity contribution < 1.29 is 4.79 Å². The lowest BCUT2D eigenvalue weighted by Gasteiger charge is -2.19. The van der Waals surface area contributed by atoms with Gasteiger partial charge in [-0.15, -0.1) is 0 Å². The predicted molar refractivity (Wildman–Crippen MR) is 116 cm³/mol. The van der Waals surface area contributed by atoms with E-state index in [1.54, 1.807) is 6.20 Å². The summed E-state index contributed by atoms with van der Waals surface area (Å²) in [7, 11) is 1.93. The van der Waals surface area contributed by atoms with Crippen molar-refractivity contribution >= 4 is 11.7 Å². The summed E-state index contributed by atoms with van der Waals surface area (Å²) in [5, 5.41) is 11.8. The first kappa shape index (κ1) is 20.8. The highest BCUT2D eigenvalue weighted by Gasteiger charge is 2.14. The second-order valence-corrected chi connectivity index (χ2v) is 8.64. The highest BCUT2D eigenvalue weighted by molar-refractivity contribution is 5.90. The maximum absolute atomic E-state index is 12.5. The maximum Gasteiger partial charge on any atom is 0.225 e. The molecule has 6 heteroatoms. The fourth-order valence-electron chi connectivity index (χ4n) is 3.47. The third kappa shape index (κ3) is 4.94. The third-order valence-corrected chi connectivity index (χ3v) is 5.40. The minimum Gasteiger partial charge on any atom is -0.311 e. The van der Waals surface area contributed by atoms with Crippen molar-refractivity contribution in [1.29, 1.82) is 0 Å². The molecule has 0 radical (unpaired) electrons. The van der Waals surface area contributed by atoms with E-state index in [0.717, 1.165) is 28.3 Å². The molecule has 0 aliphatic carbocycles. The quantitative estimate of drug-likeness (QED) is 0.684. The van der Waals surface area contributed by atoms with Gasteiger partial charge in [0.2, 0.25) is 5.91 Å². The van der Waals surface area contributed by atoms with Crippen molar-refractivity contribution in [3.8, 4) is 0 Å². The number of benzene rings is 1. The van der Waals surface area contributed by atoms with Gasteiger partial charge in [0, 0.05) is 25.2 Å². The van der Waals surface area contributed by atoms with Gasteiger partial charge in [-0.05, 0) is 42.4 Å². The van der Waals surface area contributed by atoms with Crippen LogP contribution in [0, 0.1) is 13.8 Å². The van der Waals surface area contributed by atoms with Crippen LogP contribution in [0.15, 0.2) is 36.5 Å². The van der Waals surface area contributed by atoms with Gasteiger partial charge in [0.25, 0.3) is 0 Å². The van der Waals surface area contributed by atoms with Crippen molar-refractivity contribution in [3.63, 3.8) is 0 Å². The standard InChI is InChI=1S/C23H31N5O/c1-16-20(17(2)27(6)26-16)11-12-22(29)25-21-13-14-24-28(21)15-18-7-9-19(10-8-18)23(3,4)5/h7-10,13-14H,11-12,15H2,1-6H3,(H,25,29). The van der Waals surface area contributed by atoms with Crippen molar-refractivity contribution in [3.05, 3.63) is 64.6 Å². The molecule has 0 saturated heterocycles. The lowest BCUT2D eigenvalue weighted by molar-refractivity contribution is -0.116. The molecule has 3 rings (SSSR count). The molecule has 1 N–H and O–H groups in total. The lowest BCUT2D eigenvalue weighted by Crippen LogP contribution is -2.17. The Hall–Kier alpha value is -2.89. The molecule has 2 aromatic heterocycles. The smallest absolute Gasteiger partial charge is 0.225 e. The highest BCUT2D eigenvalue weighted by atomic mass is 16.1. The predicted octanol–water partition coefficient (Wildman–Crippen LogP) is 4.15. The Morgan fingerprint density at radius 1 is 1.10 bits per heavy atom. The van der Waals surface area contributed by atoms with Gasteiger partial charge in [-0.3, -0.25) is 9.48 Å². The second kappa shape index (κ2) is 8.23. The summed E-state index contributed by atoms with van der Waals surface area (Å²) < 4.78 is 3.69. The monoisotopic (exact) mass is 393 g/mol. The van der Waals surface area contributed by atoms with Crippen LogP contribution in [0.3, 0.4) is 0 Å². The Labute approximate surface area is 172 Å². The Balaban J connectivity index is 1.62. The summed E-state index contributed by atoms with van der Waals surface area (Å²) >= 11 is 0. The molecule has 3 aromatic rings. The molecule has 0 unspecified atom stereocenters. The SMILES string of the molecule is Cc1nn(C)c(C)c1CCC(=O)Nc1ccnn1Cc1ccc(C(C)(C)C)cc1. The van der Waals surface area contributed by atoms with E-state index in [1.807, 2.05) is 36.3 Å². The van der Waals surface area contributed by atoms with Crippen LogP contribution >= 0.6 is 0 Å². The van der Waals surface area contributed by atoms with Gasteiger partial charge in [-0.1, -0.05) is 45.0 Å². The number of hydrogen-bond donors (Lipinski definition) is 1. The van der Waals surface area contributed by atoms with E-state index < -0.39 is 0 Å². The minimum atomic E-state index is -0.0162. The van der Waals surface area contributed by atoms with Crippen molar-refractivity contribution in [1.82, 2.24) is 19.6 Å². The van der Waals surface area contributed by atoms with Crippen LogP contribution in [0.4, 0.5) is 5.82 Å². The lowest BCUT2D eigenvalue weighted by atomic mass is 9.87. The van der Waals surface area contributed by atoms with Gasteiger partial charge in [-0.25, -0.2) is 4.68 Å². The van der Waals surface area contributed by atoms with Crippen LogP contribution in [0.5, 0.6) is 0 Å². The maximum atomic E-state index is 12.5. The van der Waals surface area contributed by atoms with Gasteiger partial charge >= 0.3 is 0 Å². The van der Waals surface area contributed by atoms with Crippen LogP contribution < -0.4 is 5.32 Å². The van der Waals surface area contributed by atoms with E-state index in [-0.39, 0.29) is 11.3 Å². The molecule has 6 nitrogen and oxygen atoms in total. The molecule has 154 valence electrons. The van der Waals surface area contributed by atoms with E-state index in [1.165, 1.54) is 5.56 Å². The number of carbonyl (C=O) groups is 1. The van der Waals surface area contributed by atoms with E-state index in [2.05, 4.69) is 60.6 Å². The van der Waals surface area contributed by atoms with Crippen LogP contribution in [0.1, 0.15) is 55.3 Å². The van der Waals surface area contributed by atoms with Gasteiger partial charge in [0.05, 0.1) is 18.4 Å². The average Bonchev–Trinajstić information content (AvgIpc) is 3.17. The number of amides is 1. The number of nitrogens with one attached hydrogen (secondary N) is 1. The summed E-state index contributed by atoms with van der Waals surface area (Å²) in [6, 6.07) is 10.4. The topological polar surface area (TPSA) is 64.7 Å². The fourth-order valence-corrected chi connectivity index (χ4v) is 3.47. The summed E-state index contributed by atoms with van der Waals surface area (Å²) in [5.74, 6) is 0.701. The van der Waals surface area contributed by atoms with Gasteiger partial charge in [0.1, 0.15) is 5.82 Å². The molecule has 2 heterocycles. The Morgan fingerprint density at radius 2 is 1.79 bits per heavy atom. The van der Waals surface area contributed by atoms with E-state index >= 15 is 0 Å². The highest BCUT2D eigenvalue weighted by Crippen LogP contribution is 2.23. The van der Waals surface area contributed by atoms with E-state index in [4.69, 9.17) is 0 Å². The molecule has 0 aliphatic rings. The number of aryl methyl sites for hydroxylation is 2. The minimum absolute atomic E-state index is 0.0162. The van der Waals surface area contributed by atoms with Crippen molar-refractivity contribution in [2.75, 3.05) is 5.32 Å². The zero-order valence-electron chi connectivity index (χ0n) is 18.3. The average molecular weight is 394 g/mol. The summed E-state index contributed by atoms with van der Waals surface area (Å²) in [6.45, 7) is 11.3.